The SMILES string of the molecule is CCC(C)(CN)Nc1nccn2nc(C(C)C)cc12. The first-order valence-electron chi connectivity index (χ1n) is 6.81. The highest BCUT2D eigenvalue weighted by atomic mass is 15.2. The van der Waals surface area contributed by atoms with E-state index in [1.54, 1.807) is 6.20 Å². The number of fused-ring (bicyclic) bond motifs is 1. The molecule has 0 aliphatic rings. The number of aromatic nitrogens is 3. The molecule has 0 bridgehead atoms. The summed E-state index contributed by atoms with van der Waals surface area (Å²) in [4.78, 5) is 4.43. The predicted molar refractivity (Wildman–Crippen MR) is 78.4 cm³/mol. The Morgan fingerprint density at radius 2 is 2.21 bits per heavy atom. The van der Waals surface area contributed by atoms with E-state index in [-0.39, 0.29) is 5.54 Å². The van der Waals surface area contributed by atoms with Crippen LogP contribution in [0.2, 0.25) is 0 Å². The molecule has 0 amide bonds. The van der Waals surface area contributed by atoms with Crippen molar-refractivity contribution in [3.63, 3.8) is 0 Å². The number of nitrogens with zero attached hydrogens (tertiary/aromatic N) is 3. The minimum absolute atomic E-state index is 0.142. The van der Waals surface area contributed by atoms with Gasteiger partial charge in [-0.25, -0.2) is 9.50 Å². The third-order valence-electron chi connectivity index (χ3n) is 3.65. The summed E-state index contributed by atoms with van der Waals surface area (Å²) in [5.41, 5.74) is 7.78. The quantitative estimate of drug-likeness (QED) is 0.867. The lowest BCUT2D eigenvalue weighted by Gasteiger charge is -2.28. The van der Waals surface area contributed by atoms with Crippen LogP contribution in [0.4, 0.5) is 5.82 Å². The second kappa shape index (κ2) is 5.17. The zero-order valence-electron chi connectivity index (χ0n) is 12.1. The van der Waals surface area contributed by atoms with Crippen LogP contribution < -0.4 is 11.1 Å². The number of nitrogens with one attached hydrogen (secondary N) is 1. The van der Waals surface area contributed by atoms with Crippen molar-refractivity contribution >= 4 is 11.3 Å². The van der Waals surface area contributed by atoms with E-state index in [9.17, 15) is 0 Å². The van der Waals surface area contributed by atoms with Crippen LogP contribution in [-0.2, 0) is 0 Å². The summed E-state index contributed by atoms with van der Waals surface area (Å²) >= 11 is 0. The van der Waals surface area contributed by atoms with E-state index in [1.807, 2.05) is 10.7 Å². The third kappa shape index (κ3) is 2.71. The van der Waals surface area contributed by atoms with Crippen molar-refractivity contribution in [2.24, 2.45) is 5.73 Å². The number of nitrogens with two attached hydrogens (primary N) is 1. The van der Waals surface area contributed by atoms with Crippen molar-refractivity contribution in [3.05, 3.63) is 24.2 Å². The highest BCUT2D eigenvalue weighted by molar-refractivity contribution is 5.68. The summed E-state index contributed by atoms with van der Waals surface area (Å²) in [7, 11) is 0. The molecule has 1 atom stereocenters. The fraction of sp³-hybridized carbons (Fsp3) is 0.571. The largest absolute Gasteiger partial charge is 0.362 e. The van der Waals surface area contributed by atoms with Gasteiger partial charge in [0.05, 0.1) is 5.69 Å². The van der Waals surface area contributed by atoms with Gasteiger partial charge >= 0.3 is 0 Å². The van der Waals surface area contributed by atoms with Crippen molar-refractivity contribution in [3.8, 4) is 0 Å². The van der Waals surface area contributed by atoms with E-state index < -0.39 is 0 Å². The lowest BCUT2D eigenvalue weighted by Crippen LogP contribution is -2.42. The maximum Gasteiger partial charge on any atom is 0.152 e. The van der Waals surface area contributed by atoms with E-state index in [2.05, 4.69) is 49.2 Å². The Hall–Kier alpha value is -1.62. The summed E-state index contributed by atoms with van der Waals surface area (Å²) in [5.74, 6) is 1.25. The van der Waals surface area contributed by atoms with E-state index in [0.29, 0.717) is 12.5 Å². The zero-order chi connectivity index (χ0) is 14.0. The lowest BCUT2D eigenvalue weighted by molar-refractivity contribution is 0.505. The molecule has 2 aromatic rings. The van der Waals surface area contributed by atoms with Gasteiger partial charge in [0.2, 0.25) is 0 Å². The fourth-order valence-electron chi connectivity index (χ4n) is 1.89. The number of rotatable bonds is 5. The monoisotopic (exact) mass is 261 g/mol. The summed E-state index contributed by atoms with van der Waals surface area (Å²) in [6, 6.07) is 2.09. The van der Waals surface area contributed by atoms with Crippen molar-refractivity contribution in [1.82, 2.24) is 14.6 Å². The molecule has 2 heterocycles. The van der Waals surface area contributed by atoms with Gasteiger partial charge in [-0.2, -0.15) is 5.10 Å². The second-order valence-corrected chi connectivity index (χ2v) is 5.57. The van der Waals surface area contributed by atoms with Gasteiger partial charge < -0.3 is 11.1 Å². The molecule has 2 aromatic heterocycles. The highest BCUT2D eigenvalue weighted by Gasteiger charge is 2.21. The van der Waals surface area contributed by atoms with E-state index in [4.69, 9.17) is 5.73 Å². The van der Waals surface area contributed by atoms with E-state index in [0.717, 1.165) is 23.4 Å². The lowest BCUT2D eigenvalue weighted by atomic mass is 9.99. The van der Waals surface area contributed by atoms with E-state index in [1.165, 1.54) is 0 Å². The molecule has 0 saturated heterocycles. The molecule has 19 heavy (non-hydrogen) atoms. The maximum atomic E-state index is 5.85. The van der Waals surface area contributed by atoms with Gasteiger partial charge in [0.25, 0.3) is 0 Å². The second-order valence-electron chi connectivity index (χ2n) is 5.57. The molecule has 5 heteroatoms. The molecule has 0 spiro atoms. The molecule has 0 radical (unpaired) electrons. The molecule has 5 nitrogen and oxygen atoms in total. The first kappa shape index (κ1) is 13.8. The topological polar surface area (TPSA) is 68.2 Å². The Bertz CT molecular complexity index is 554. The van der Waals surface area contributed by atoms with Gasteiger partial charge in [0.1, 0.15) is 5.52 Å². The fourth-order valence-corrected chi connectivity index (χ4v) is 1.89. The van der Waals surface area contributed by atoms with Crippen LogP contribution in [0.15, 0.2) is 18.5 Å². The first-order valence-corrected chi connectivity index (χ1v) is 6.81. The Kier molecular flexibility index (Phi) is 3.75. The molecule has 0 saturated carbocycles. The van der Waals surface area contributed by atoms with Gasteiger partial charge in [-0.15, -0.1) is 0 Å². The van der Waals surface area contributed by atoms with Crippen LogP contribution >= 0.6 is 0 Å². The predicted octanol–water partition coefficient (Wildman–Crippen LogP) is 2.39. The molecule has 0 aliphatic heterocycles. The van der Waals surface area contributed by atoms with Crippen molar-refractivity contribution in [2.45, 2.75) is 45.6 Å². The smallest absolute Gasteiger partial charge is 0.152 e. The summed E-state index contributed by atoms with van der Waals surface area (Å²) in [5, 5.41) is 8.01. The summed E-state index contributed by atoms with van der Waals surface area (Å²) in [6.45, 7) is 9.07. The molecular formula is C14H23N5. The van der Waals surface area contributed by atoms with Crippen molar-refractivity contribution < 1.29 is 0 Å². The molecule has 0 fully saturated rings. The Morgan fingerprint density at radius 3 is 2.79 bits per heavy atom. The van der Waals surface area contributed by atoms with Gasteiger partial charge in [-0.3, -0.25) is 0 Å². The minimum Gasteiger partial charge on any atom is -0.362 e. The average Bonchev–Trinajstić information content (AvgIpc) is 2.84. The normalized spacial score (nSPS) is 14.8. The number of hydrogen-bond acceptors (Lipinski definition) is 4. The Morgan fingerprint density at radius 1 is 1.47 bits per heavy atom. The zero-order valence-corrected chi connectivity index (χ0v) is 12.1. The highest BCUT2D eigenvalue weighted by Crippen LogP contribution is 2.23. The molecule has 1 unspecified atom stereocenters. The summed E-state index contributed by atoms with van der Waals surface area (Å²) in [6.07, 6.45) is 4.58. The molecule has 3 N–H and O–H groups in total. The van der Waals surface area contributed by atoms with Gasteiger partial charge in [-0.1, -0.05) is 20.8 Å². The molecule has 2 rings (SSSR count). The van der Waals surface area contributed by atoms with Crippen LogP contribution in [0, 0.1) is 0 Å². The van der Waals surface area contributed by atoms with Crippen LogP contribution in [-0.4, -0.2) is 26.7 Å². The van der Waals surface area contributed by atoms with Gasteiger partial charge in [0.15, 0.2) is 5.82 Å². The Labute approximate surface area is 114 Å². The number of anilines is 1. The van der Waals surface area contributed by atoms with Crippen LogP contribution in [0.1, 0.15) is 45.7 Å². The molecule has 0 aromatic carbocycles. The van der Waals surface area contributed by atoms with Crippen LogP contribution in [0.3, 0.4) is 0 Å². The van der Waals surface area contributed by atoms with Gasteiger partial charge in [-0.05, 0) is 25.3 Å². The molecular weight excluding hydrogens is 238 g/mol. The third-order valence-corrected chi connectivity index (χ3v) is 3.65. The average molecular weight is 261 g/mol. The van der Waals surface area contributed by atoms with Gasteiger partial charge in [0, 0.05) is 24.5 Å². The van der Waals surface area contributed by atoms with Crippen molar-refractivity contribution in [1.29, 1.82) is 0 Å². The minimum atomic E-state index is -0.142. The standard InChI is InChI=1S/C14H23N5/c1-5-14(4,9-15)17-13-12-8-11(10(2)3)18-19(12)7-6-16-13/h6-8,10H,5,9,15H2,1-4H3,(H,16,17). The Balaban J connectivity index is 2.43. The van der Waals surface area contributed by atoms with E-state index >= 15 is 0 Å². The first-order chi connectivity index (χ1) is 8.99. The number of hydrogen-bond donors (Lipinski definition) is 2. The molecule has 104 valence electrons. The summed E-state index contributed by atoms with van der Waals surface area (Å²) < 4.78 is 1.87. The van der Waals surface area contributed by atoms with Crippen molar-refractivity contribution in [2.75, 3.05) is 11.9 Å². The van der Waals surface area contributed by atoms with Crippen LogP contribution in [0.5, 0.6) is 0 Å². The molecule has 0 aliphatic carbocycles. The van der Waals surface area contributed by atoms with Crippen LogP contribution in [0.25, 0.3) is 5.52 Å². The maximum absolute atomic E-state index is 5.85.